The van der Waals surface area contributed by atoms with E-state index in [0.717, 1.165) is 43.6 Å². The second-order valence-corrected chi connectivity index (χ2v) is 23.4. The third-order valence-corrected chi connectivity index (χ3v) is 13.0. The summed E-state index contributed by atoms with van der Waals surface area (Å²) in [4.78, 5) is 11.5. The van der Waals surface area contributed by atoms with Crippen molar-refractivity contribution in [2.24, 2.45) is 0 Å². The first-order valence-electron chi connectivity index (χ1n) is 18.2. The molecule has 3 aromatic heterocycles. The molecule has 53 heavy (non-hydrogen) atoms. The number of aryl methyl sites for hydroxylation is 2. The monoisotopic (exact) mass is 911 g/mol. The summed E-state index contributed by atoms with van der Waals surface area (Å²) in [6.07, 6.45) is 0. The van der Waals surface area contributed by atoms with Crippen LogP contribution in [-0.2, 0) is 31.9 Å². The van der Waals surface area contributed by atoms with E-state index in [4.69, 9.17) is 14.7 Å². The van der Waals surface area contributed by atoms with Crippen molar-refractivity contribution < 1.29 is 25.8 Å². The van der Waals surface area contributed by atoms with Crippen molar-refractivity contribution in [1.82, 2.24) is 9.97 Å². The van der Waals surface area contributed by atoms with Gasteiger partial charge in [-0.15, -0.1) is 75.9 Å². The van der Waals surface area contributed by atoms with Crippen LogP contribution in [0.1, 0.15) is 63.8 Å². The molecule has 0 aliphatic carbocycles. The van der Waals surface area contributed by atoms with E-state index in [0.29, 0.717) is 11.8 Å². The van der Waals surface area contributed by atoms with Crippen molar-refractivity contribution in [3.63, 3.8) is 0 Å². The molecule has 0 atom stereocenters. The van der Waals surface area contributed by atoms with E-state index in [-0.39, 0.29) is 31.9 Å². The van der Waals surface area contributed by atoms with Crippen LogP contribution < -0.4 is 9.92 Å². The van der Waals surface area contributed by atoms with Crippen molar-refractivity contribution in [3.05, 3.63) is 125 Å². The van der Waals surface area contributed by atoms with Gasteiger partial charge < -0.3 is 4.74 Å². The summed E-state index contributed by atoms with van der Waals surface area (Å²) in [5.41, 5.74) is 9.68. The summed E-state index contributed by atoms with van der Waals surface area (Å²) in [6, 6.07) is 39.7. The number of hydrogen-bond donors (Lipinski definition) is 0. The maximum Gasteiger partial charge on any atom is 2.00 e. The largest absolute Gasteiger partial charge is 2.00 e. The summed E-state index contributed by atoms with van der Waals surface area (Å²) in [6.45, 7) is 25.0. The Balaban J connectivity index is 0.00000481. The molecular weight excluding hydrogens is 864 g/mol. The number of ether oxygens (including phenoxy) is 1. The minimum absolute atomic E-state index is 0. The maximum atomic E-state index is 6.63. The number of rotatable bonds is 6. The standard InChI is InChI=1S/C47H48N2OSSi.Pt/c1-29-21-40(32-16-14-17-35(25-32)46(3,4)5)48-42(22-29)50-43-28-34-27-41(37-20-19-36(23-30(37)2)52(9,10)11)51-45(34)44(49-43)33-24-31-15-12-13-18-38(31)39(26-33)47(6,7)8;/h12-15,17-23,25-28H,1-11H3;/q-2;+2. The summed E-state index contributed by atoms with van der Waals surface area (Å²) in [7, 11) is -1.44. The molecule has 7 rings (SSSR count). The van der Waals surface area contributed by atoms with E-state index in [1.807, 2.05) is 12.1 Å². The van der Waals surface area contributed by atoms with Gasteiger partial charge in [-0.3, -0.25) is 9.97 Å². The van der Waals surface area contributed by atoms with Gasteiger partial charge in [-0.1, -0.05) is 125 Å². The minimum Gasteiger partial charge on any atom is -0.422 e. The molecule has 3 heterocycles. The zero-order valence-electron chi connectivity index (χ0n) is 32.7. The molecule has 0 bridgehead atoms. The van der Waals surface area contributed by atoms with Gasteiger partial charge in [0.25, 0.3) is 0 Å². The number of hydrogen-bond acceptors (Lipinski definition) is 4. The molecule has 0 saturated heterocycles. The molecule has 0 spiro atoms. The smallest absolute Gasteiger partial charge is 0.422 e. The molecule has 0 saturated carbocycles. The first-order chi connectivity index (χ1) is 24.4. The SMILES string of the molecule is Cc1cc(Oc2cc3cc(-c4ccc([Si](C)(C)C)cc4C)sc3c(-c3[c-]c4ccccc4c(C(C)(C)C)c3)n2)nc(-c2[c-]ccc(C(C)(C)C)c2)c1.[Pt+2]. The molecule has 0 aliphatic heterocycles. The van der Waals surface area contributed by atoms with Crippen LogP contribution >= 0.6 is 11.3 Å². The topological polar surface area (TPSA) is 35.0 Å². The number of benzene rings is 4. The van der Waals surface area contributed by atoms with Crippen molar-refractivity contribution in [2.45, 2.75) is 85.9 Å². The van der Waals surface area contributed by atoms with Crippen LogP contribution in [-0.4, -0.2) is 18.0 Å². The van der Waals surface area contributed by atoms with E-state index < -0.39 is 8.07 Å². The van der Waals surface area contributed by atoms with E-state index in [2.05, 4.69) is 166 Å². The molecule has 0 aliphatic rings. The van der Waals surface area contributed by atoms with Crippen molar-refractivity contribution >= 4 is 45.5 Å². The van der Waals surface area contributed by atoms with Crippen molar-refractivity contribution in [1.29, 1.82) is 0 Å². The van der Waals surface area contributed by atoms with Gasteiger partial charge in [-0.2, -0.15) is 0 Å². The van der Waals surface area contributed by atoms with Crippen molar-refractivity contribution in [2.75, 3.05) is 0 Å². The molecule has 0 amide bonds. The number of aromatic nitrogens is 2. The Hall–Kier alpha value is -3.89. The molecule has 0 fully saturated rings. The van der Waals surface area contributed by atoms with Crippen LogP contribution in [0.15, 0.2) is 91.0 Å². The number of thiophene rings is 1. The predicted molar refractivity (Wildman–Crippen MR) is 225 cm³/mol. The summed E-state index contributed by atoms with van der Waals surface area (Å²) in [5, 5.41) is 4.86. The first kappa shape index (κ1) is 38.8. The average Bonchev–Trinajstić information content (AvgIpc) is 3.50. The van der Waals surface area contributed by atoms with E-state index in [9.17, 15) is 0 Å². The molecule has 6 heteroatoms. The molecular formula is C47H48N2OPtSSi. The van der Waals surface area contributed by atoms with Crippen LogP contribution in [0.3, 0.4) is 0 Å². The molecule has 272 valence electrons. The van der Waals surface area contributed by atoms with Gasteiger partial charge in [0, 0.05) is 27.4 Å². The Kier molecular flexibility index (Phi) is 10.5. The number of fused-ring (bicyclic) bond motifs is 2. The van der Waals surface area contributed by atoms with Crippen LogP contribution in [0.4, 0.5) is 0 Å². The van der Waals surface area contributed by atoms with Crippen LogP contribution in [0.5, 0.6) is 11.8 Å². The van der Waals surface area contributed by atoms with Gasteiger partial charge in [-0.05, 0) is 53.0 Å². The van der Waals surface area contributed by atoms with Gasteiger partial charge in [0.1, 0.15) is 0 Å². The fraction of sp³-hybridized carbons (Fsp3) is 0.277. The fourth-order valence-corrected chi connectivity index (χ4v) is 9.26. The Bertz CT molecular complexity index is 2480. The van der Waals surface area contributed by atoms with E-state index >= 15 is 0 Å². The van der Waals surface area contributed by atoms with Crippen LogP contribution in [0.2, 0.25) is 19.6 Å². The Morgan fingerprint density at radius 2 is 1.47 bits per heavy atom. The molecule has 3 nitrogen and oxygen atoms in total. The molecule has 4 aromatic carbocycles. The molecule has 0 N–H and O–H groups in total. The van der Waals surface area contributed by atoms with Gasteiger partial charge in [0.15, 0.2) is 0 Å². The van der Waals surface area contributed by atoms with E-state index in [1.54, 1.807) is 11.3 Å². The van der Waals surface area contributed by atoms with Gasteiger partial charge >= 0.3 is 21.1 Å². The predicted octanol–water partition coefficient (Wildman–Crippen LogP) is 13.0. The third-order valence-electron chi connectivity index (χ3n) is 9.77. The minimum atomic E-state index is -1.44. The van der Waals surface area contributed by atoms with E-state index in [1.165, 1.54) is 37.7 Å². The van der Waals surface area contributed by atoms with Gasteiger partial charge in [0.2, 0.25) is 11.8 Å². The first-order valence-corrected chi connectivity index (χ1v) is 22.5. The second kappa shape index (κ2) is 14.4. The van der Waals surface area contributed by atoms with Gasteiger partial charge in [0.05, 0.1) is 8.07 Å². The van der Waals surface area contributed by atoms with Crippen molar-refractivity contribution in [3.8, 4) is 44.7 Å². The zero-order chi connectivity index (χ0) is 37.2. The Labute approximate surface area is 335 Å². The molecule has 0 radical (unpaired) electrons. The molecule has 0 unspecified atom stereocenters. The zero-order valence-corrected chi connectivity index (χ0v) is 36.8. The molecule has 7 aromatic rings. The van der Waals surface area contributed by atoms with Gasteiger partial charge in [-0.25, -0.2) is 0 Å². The fourth-order valence-electron chi connectivity index (χ4n) is 6.79. The number of nitrogens with zero attached hydrogens (tertiary/aromatic N) is 2. The third kappa shape index (κ3) is 8.14. The van der Waals surface area contributed by atoms with Crippen LogP contribution in [0, 0.1) is 26.0 Å². The number of pyridine rings is 2. The quantitative estimate of drug-likeness (QED) is 0.123. The summed E-state index contributed by atoms with van der Waals surface area (Å²) >= 11 is 1.79. The average molecular weight is 912 g/mol. The van der Waals surface area contributed by atoms with Crippen LogP contribution in [0.25, 0.3) is 53.8 Å². The Morgan fingerprint density at radius 3 is 2.17 bits per heavy atom. The maximum absolute atomic E-state index is 6.63. The summed E-state index contributed by atoms with van der Waals surface area (Å²) < 4.78 is 7.74. The normalized spacial score (nSPS) is 12.3. The second-order valence-electron chi connectivity index (χ2n) is 17.2. The summed E-state index contributed by atoms with van der Waals surface area (Å²) in [5.74, 6) is 1.02. The Morgan fingerprint density at radius 1 is 0.736 bits per heavy atom.